The standard InChI is InChI=1S/C15H17N3O2/c16-10-12(9-11-5-2-1-3-6-11)15(20)18-8-4-7-13(18)14(17)19/h1-3,5-6,12-13H,4,7-9H2,(H2,17,19). The molecule has 1 aromatic rings. The van der Waals surface area contributed by atoms with E-state index in [1.165, 1.54) is 4.90 Å². The number of carbonyl (C=O) groups is 2. The van der Waals surface area contributed by atoms with Gasteiger partial charge in [-0.15, -0.1) is 0 Å². The highest BCUT2D eigenvalue weighted by Crippen LogP contribution is 2.21. The Hall–Kier alpha value is -2.35. The van der Waals surface area contributed by atoms with Crippen molar-refractivity contribution in [1.29, 1.82) is 5.26 Å². The molecular formula is C15H17N3O2. The fourth-order valence-electron chi connectivity index (χ4n) is 2.56. The number of hydrogen-bond donors (Lipinski definition) is 1. The van der Waals surface area contributed by atoms with Gasteiger partial charge in [-0.05, 0) is 24.8 Å². The minimum Gasteiger partial charge on any atom is -0.368 e. The molecule has 1 aliphatic heterocycles. The molecule has 1 heterocycles. The van der Waals surface area contributed by atoms with Gasteiger partial charge in [-0.3, -0.25) is 9.59 Å². The molecule has 5 heteroatoms. The summed E-state index contributed by atoms with van der Waals surface area (Å²) in [6.45, 7) is 0.499. The maximum Gasteiger partial charge on any atom is 0.240 e. The summed E-state index contributed by atoms with van der Waals surface area (Å²) in [5.41, 5.74) is 6.24. The molecule has 1 saturated heterocycles. The van der Waals surface area contributed by atoms with Crippen LogP contribution < -0.4 is 5.73 Å². The zero-order valence-corrected chi connectivity index (χ0v) is 11.2. The summed E-state index contributed by atoms with van der Waals surface area (Å²) in [5.74, 6) is -1.55. The van der Waals surface area contributed by atoms with E-state index in [1.54, 1.807) is 0 Å². The number of likely N-dealkylation sites (tertiary alicyclic amines) is 1. The highest BCUT2D eigenvalue weighted by molar-refractivity contribution is 5.89. The van der Waals surface area contributed by atoms with Crippen molar-refractivity contribution in [1.82, 2.24) is 4.90 Å². The first-order valence-corrected chi connectivity index (χ1v) is 6.67. The normalized spacial score (nSPS) is 19.4. The molecule has 2 N–H and O–H groups in total. The Balaban J connectivity index is 2.10. The van der Waals surface area contributed by atoms with Gasteiger partial charge in [0.15, 0.2) is 0 Å². The summed E-state index contributed by atoms with van der Waals surface area (Å²) in [6, 6.07) is 10.9. The van der Waals surface area contributed by atoms with Crippen LogP contribution in [0.3, 0.4) is 0 Å². The van der Waals surface area contributed by atoms with Crippen molar-refractivity contribution in [2.24, 2.45) is 11.7 Å². The average molecular weight is 271 g/mol. The van der Waals surface area contributed by atoms with Crippen LogP contribution in [-0.2, 0) is 16.0 Å². The lowest BCUT2D eigenvalue weighted by Crippen LogP contribution is -2.46. The molecule has 2 unspecified atom stereocenters. The lowest BCUT2D eigenvalue weighted by Gasteiger charge is -2.24. The molecule has 1 fully saturated rings. The number of hydrogen-bond acceptors (Lipinski definition) is 3. The molecule has 2 rings (SSSR count). The minimum atomic E-state index is -0.766. The first-order valence-electron chi connectivity index (χ1n) is 6.67. The number of nitrogens with zero attached hydrogens (tertiary/aromatic N) is 2. The first-order chi connectivity index (χ1) is 9.63. The van der Waals surface area contributed by atoms with E-state index in [-0.39, 0.29) is 5.91 Å². The summed E-state index contributed by atoms with van der Waals surface area (Å²) < 4.78 is 0. The summed E-state index contributed by atoms with van der Waals surface area (Å²) in [7, 11) is 0. The molecule has 0 aliphatic carbocycles. The molecule has 104 valence electrons. The second-order valence-electron chi connectivity index (χ2n) is 4.96. The Bertz CT molecular complexity index is 536. The number of carbonyl (C=O) groups excluding carboxylic acids is 2. The molecule has 0 saturated carbocycles. The third-order valence-corrected chi connectivity index (χ3v) is 3.60. The van der Waals surface area contributed by atoms with Gasteiger partial charge in [-0.2, -0.15) is 5.26 Å². The highest BCUT2D eigenvalue weighted by atomic mass is 16.2. The maximum atomic E-state index is 12.4. The lowest BCUT2D eigenvalue weighted by molar-refractivity contribution is -0.139. The van der Waals surface area contributed by atoms with E-state index in [4.69, 9.17) is 5.73 Å². The molecule has 2 atom stereocenters. The predicted octanol–water partition coefficient (Wildman–Crippen LogP) is 0.845. The third-order valence-electron chi connectivity index (χ3n) is 3.60. The zero-order chi connectivity index (χ0) is 14.5. The number of benzene rings is 1. The van der Waals surface area contributed by atoms with Crippen molar-refractivity contribution in [3.8, 4) is 6.07 Å². The van der Waals surface area contributed by atoms with Gasteiger partial charge in [-0.25, -0.2) is 0 Å². The van der Waals surface area contributed by atoms with Crippen LogP contribution >= 0.6 is 0 Å². The third kappa shape index (κ3) is 2.97. The van der Waals surface area contributed by atoms with Crippen LogP contribution in [0.2, 0.25) is 0 Å². The molecule has 20 heavy (non-hydrogen) atoms. The fourth-order valence-corrected chi connectivity index (χ4v) is 2.56. The predicted molar refractivity (Wildman–Crippen MR) is 73.2 cm³/mol. The molecule has 5 nitrogen and oxygen atoms in total. The van der Waals surface area contributed by atoms with E-state index in [1.807, 2.05) is 36.4 Å². The topological polar surface area (TPSA) is 87.2 Å². The fraction of sp³-hybridized carbons (Fsp3) is 0.400. The number of nitriles is 1. The molecule has 0 aromatic heterocycles. The van der Waals surface area contributed by atoms with Crippen molar-refractivity contribution >= 4 is 11.8 Å². The molecule has 0 spiro atoms. The Morgan fingerprint density at radius 2 is 2.10 bits per heavy atom. The van der Waals surface area contributed by atoms with Crippen molar-refractivity contribution in [2.45, 2.75) is 25.3 Å². The number of primary amides is 1. The Kier molecular flexibility index (Phi) is 4.36. The summed E-state index contributed by atoms with van der Waals surface area (Å²) in [5, 5.41) is 9.23. The Morgan fingerprint density at radius 3 is 2.70 bits per heavy atom. The van der Waals surface area contributed by atoms with E-state index in [2.05, 4.69) is 0 Å². The van der Waals surface area contributed by atoms with Crippen LogP contribution in [-0.4, -0.2) is 29.3 Å². The summed E-state index contributed by atoms with van der Waals surface area (Å²) in [4.78, 5) is 25.2. The second-order valence-corrected chi connectivity index (χ2v) is 4.96. The van der Waals surface area contributed by atoms with Gasteiger partial charge >= 0.3 is 0 Å². The lowest BCUT2D eigenvalue weighted by atomic mass is 9.99. The van der Waals surface area contributed by atoms with Gasteiger partial charge in [-0.1, -0.05) is 30.3 Å². The number of rotatable bonds is 4. The molecule has 1 aliphatic rings. The van der Waals surface area contributed by atoms with E-state index in [9.17, 15) is 14.9 Å². The van der Waals surface area contributed by atoms with E-state index in [0.29, 0.717) is 19.4 Å². The maximum absolute atomic E-state index is 12.4. The van der Waals surface area contributed by atoms with Crippen molar-refractivity contribution < 1.29 is 9.59 Å². The van der Waals surface area contributed by atoms with Gasteiger partial charge < -0.3 is 10.6 Å². The van der Waals surface area contributed by atoms with Crippen molar-refractivity contribution in [2.75, 3.05) is 6.54 Å². The van der Waals surface area contributed by atoms with Crippen molar-refractivity contribution in [3.63, 3.8) is 0 Å². The van der Waals surface area contributed by atoms with Crippen LogP contribution in [0.1, 0.15) is 18.4 Å². The van der Waals surface area contributed by atoms with Crippen LogP contribution in [0.4, 0.5) is 0 Å². The van der Waals surface area contributed by atoms with Gasteiger partial charge in [0.1, 0.15) is 12.0 Å². The largest absolute Gasteiger partial charge is 0.368 e. The molecule has 0 radical (unpaired) electrons. The quantitative estimate of drug-likeness (QED) is 0.880. The van der Waals surface area contributed by atoms with Gasteiger partial charge in [0.05, 0.1) is 6.07 Å². The molecule has 1 aromatic carbocycles. The number of nitrogens with two attached hydrogens (primary N) is 1. The monoisotopic (exact) mass is 271 g/mol. The van der Waals surface area contributed by atoms with Crippen LogP contribution in [0.25, 0.3) is 0 Å². The SMILES string of the molecule is N#CC(Cc1ccccc1)C(=O)N1CCCC1C(N)=O. The smallest absolute Gasteiger partial charge is 0.240 e. The highest BCUT2D eigenvalue weighted by Gasteiger charge is 2.36. The van der Waals surface area contributed by atoms with Crippen LogP contribution in [0, 0.1) is 17.2 Å². The zero-order valence-electron chi connectivity index (χ0n) is 11.2. The van der Waals surface area contributed by atoms with Crippen LogP contribution in [0.5, 0.6) is 0 Å². The first kappa shape index (κ1) is 14.1. The van der Waals surface area contributed by atoms with Crippen molar-refractivity contribution in [3.05, 3.63) is 35.9 Å². The average Bonchev–Trinajstić information content (AvgIpc) is 2.94. The van der Waals surface area contributed by atoms with Crippen LogP contribution in [0.15, 0.2) is 30.3 Å². The number of amides is 2. The second kappa shape index (κ2) is 6.20. The summed E-state index contributed by atoms with van der Waals surface area (Å²) in [6.07, 6.45) is 1.70. The summed E-state index contributed by atoms with van der Waals surface area (Å²) >= 11 is 0. The van der Waals surface area contributed by atoms with Gasteiger partial charge in [0.25, 0.3) is 0 Å². The molecule has 2 amide bonds. The van der Waals surface area contributed by atoms with E-state index >= 15 is 0 Å². The molecular weight excluding hydrogens is 254 g/mol. The molecule has 0 bridgehead atoms. The Labute approximate surface area is 118 Å². The Morgan fingerprint density at radius 1 is 1.40 bits per heavy atom. The minimum absolute atomic E-state index is 0.294. The van der Waals surface area contributed by atoms with Gasteiger partial charge in [0, 0.05) is 6.54 Å². The van der Waals surface area contributed by atoms with E-state index < -0.39 is 17.9 Å². The van der Waals surface area contributed by atoms with Gasteiger partial charge in [0.2, 0.25) is 11.8 Å². The van der Waals surface area contributed by atoms with E-state index in [0.717, 1.165) is 12.0 Å².